The lowest BCUT2D eigenvalue weighted by Crippen LogP contribution is -1.97. The van der Waals surface area contributed by atoms with E-state index in [1.807, 2.05) is 0 Å². The highest BCUT2D eigenvalue weighted by atomic mass is 15.0. The van der Waals surface area contributed by atoms with Gasteiger partial charge in [-0.2, -0.15) is 0 Å². The maximum Gasteiger partial charge on any atom is 0.0635 e. The minimum absolute atomic E-state index is 1.16. The molecule has 0 saturated heterocycles. The molecule has 10 aromatic rings. The number of para-hydroxylation sites is 3. The molecule has 0 atom stereocenters. The molecule has 45 heavy (non-hydrogen) atoms. The second kappa shape index (κ2) is 9.22. The molecule has 0 aliphatic rings. The first kappa shape index (κ1) is 24.4. The summed E-state index contributed by atoms with van der Waals surface area (Å²) < 4.78 is 7.19. The number of hydrogen-bond donors (Lipinski definition) is 0. The third-order valence-electron chi connectivity index (χ3n) is 9.44. The monoisotopic (exact) mass is 573 g/mol. The van der Waals surface area contributed by atoms with Crippen LogP contribution in [0.1, 0.15) is 0 Å². The van der Waals surface area contributed by atoms with Crippen LogP contribution in [0, 0.1) is 0 Å². The average Bonchev–Trinajstić information content (AvgIpc) is 3.79. The standard InChI is InChI=1S/C42H27N3/c1-3-12-29(13-4-1)43-26-25-36-38(43)24-22-35-34-21-19-28-11-7-8-16-32(28)41(34)45(42(35)36)31-20-23-40-37(27-31)33-17-9-10-18-39(33)44(40)30-14-5-2-6-15-30/h1-27H. The molecule has 0 N–H and O–H groups in total. The fourth-order valence-corrected chi connectivity index (χ4v) is 7.51. The molecular formula is C42H27N3. The highest BCUT2D eigenvalue weighted by Crippen LogP contribution is 2.42. The van der Waals surface area contributed by atoms with Gasteiger partial charge >= 0.3 is 0 Å². The van der Waals surface area contributed by atoms with E-state index in [-0.39, 0.29) is 0 Å². The molecule has 0 unspecified atom stereocenters. The van der Waals surface area contributed by atoms with Crippen LogP contribution in [0.2, 0.25) is 0 Å². The van der Waals surface area contributed by atoms with Crippen LogP contribution in [0.5, 0.6) is 0 Å². The molecule has 0 spiro atoms. The Balaban J connectivity index is 1.35. The third kappa shape index (κ3) is 3.41. The number of nitrogens with zero attached hydrogens (tertiary/aromatic N) is 3. The second-order valence-electron chi connectivity index (χ2n) is 11.8. The van der Waals surface area contributed by atoms with Gasteiger partial charge in [0.2, 0.25) is 0 Å². The van der Waals surface area contributed by atoms with E-state index in [4.69, 9.17) is 0 Å². The van der Waals surface area contributed by atoms with Gasteiger partial charge in [0.15, 0.2) is 0 Å². The number of fused-ring (bicyclic) bond motifs is 10. The molecule has 0 fully saturated rings. The maximum absolute atomic E-state index is 2.51. The van der Waals surface area contributed by atoms with Crippen LogP contribution in [0.15, 0.2) is 164 Å². The Kier molecular flexibility index (Phi) is 5.00. The van der Waals surface area contributed by atoms with E-state index in [1.54, 1.807) is 0 Å². The SMILES string of the molecule is c1ccc(-n2ccc3c2ccc2c4ccc5ccccc5c4n(-c4ccc5c(c4)c4ccccc4n5-c4ccccc4)c23)cc1. The summed E-state index contributed by atoms with van der Waals surface area (Å²) >= 11 is 0. The van der Waals surface area contributed by atoms with Crippen molar-refractivity contribution in [3.63, 3.8) is 0 Å². The van der Waals surface area contributed by atoms with E-state index in [9.17, 15) is 0 Å². The molecule has 0 amide bonds. The topological polar surface area (TPSA) is 14.8 Å². The minimum Gasteiger partial charge on any atom is -0.316 e. The zero-order valence-electron chi connectivity index (χ0n) is 24.4. The summed E-state index contributed by atoms with van der Waals surface area (Å²) in [5, 5.41) is 8.78. The summed E-state index contributed by atoms with van der Waals surface area (Å²) in [6.45, 7) is 0. The van der Waals surface area contributed by atoms with Crippen LogP contribution < -0.4 is 0 Å². The van der Waals surface area contributed by atoms with Gasteiger partial charge in [-0.15, -0.1) is 0 Å². The molecule has 0 radical (unpaired) electrons. The molecule has 0 aliphatic heterocycles. The third-order valence-corrected chi connectivity index (χ3v) is 9.44. The van der Waals surface area contributed by atoms with Gasteiger partial charge in [-0.1, -0.05) is 97.1 Å². The predicted molar refractivity (Wildman–Crippen MR) is 189 cm³/mol. The van der Waals surface area contributed by atoms with Crippen molar-refractivity contribution in [1.82, 2.24) is 13.7 Å². The van der Waals surface area contributed by atoms with E-state index < -0.39 is 0 Å². The first-order valence-electron chi connectivity index (χ1n) is 15.5. The highest BCUT2D eigenvalue weighted by Gasteiger charge is 2.20. The summed E-state index contributed by atoms with van der Waals surface area (Å²) in [6.07, 6.45) is 2.20. The molecule has 10 rings (SSSR count). The van der Waals surface area contributed by atoms with Gasteiger partial charge in [0.1, 0.15) is 0 Å². The molecule has 210 valence electrons. The van der Waals surface area contributed by atoms with Gasteiger partial charge in [0.25, 0.3) is 0 Å². The molecule has 0 aliphatic carbocycles. The highest BCUT2D eigenvalue weighted by molar-refractivity contribution is 6.24. The van der Waals surface area contributed by atoms with E-state index in [2.05, 4.69) is 178 Å². The van der Waals surface area contributed by atoms with Crippen molar-refractivity contribution in [2.75, 3.05) is 0 Å². The van der Waals surface area contributed by atoms with E-state index in [1.165, 1.54) is 71.0 Å². The summed E-state index contributed by atoms with van der Waals surface area (Å²) in [5.41, 5.74) is 9.59. The molecule has 0 bridgehead atoms. The van der Waals surface area contributed by atoms with Crippen LogP contribution in [0.3, 0.4) is 0 Å². The van der Waals surface area contributed by atoms with Gasteiger partial charge < -0.3 is 13.7 Å². The predicted octanol–water partition coefficient (Wildman–Crippen LogP) is 11.0. The van der Waals surface area contributed by atoms with Crippen LogP contribution in [0.25, 0.3) is 82.3 Å². The van der Waals surface area contributed by atoms with Crippen molar-refractivity contribution in [3.05, 3.63) is 164 Å². The van der Waals surface area contributed by atoms with Crippen molar-refractivity contribution in [2.24, 2.45) is 0 Å². The Morgan fingerprint density at radius 1 is 0.311 bits per heavy atom. The number of benzene rings is 7. The molecule has 3 aromatic heterocycles. The van der Waals surface area contributed by atoms with Crippen LogP contribution in [-0.2, 0) is 0 Å². The van der Waals surface area contributed by atoms with Gasteiger partial charge in [-0.25, -0.2) is 0 Å². The van der Waals surface area contributed by atoms with Crippen LogP contribution in [0.4, 0.5) is 0 Å². The Hall–Kier alpha value is -6.06. The van der Waals surface area contributed by atoms with Gasteiger partial charge in [-0.05, 0) is 66.0 Å². The second-order valence-corrected chi connectivity index (χ2v) is 11.8. The summed E-state index contributed by atoms with van der Waals surface area (Å²) in [6, 6.07) is 57.2. The molecular weight excluding hydrogens is 546 g/mol. The number of hydrogen-bond acceptors (Lipinski definition) is 0. The lowest BCUT2D eigenvalue weighted by molar-refractivity contribution is 1.13. The van der Waals surface area contributed by atoms with Crippen molar-refractivity contribution in [3.8, 4) is 17.1 Å². The van der Waals surface area contributed by atoms with E-state index >= 15 is 0 Å². The average molecular weight is 574 g/mol. The molecule has 3 heteroatoms. The quantitative estimate of drug-likeness (QED) is 0.200. The normalized spacial score (nSPS) is 12.0. The van der Waals surface area contributed by atoms with E-state index in [0.29, 0.717) is 0 Å². The molecule has 3 nitrogen and oxygen atoms in total. The zero-order valence-corrected chi connectivity index (χ0v) is 24.4. The fraction of sp³-hybridized carbons (Fsp3) is 0. The van der Waals surface area contributed by atoms with Gasteiger partial charge in [-0.3, -0.25) is 0 Å². The van der Waals surface area contributed by atoms with Gasteiger partial charge in [0, 0.05) is 55.6 Å². The maximum atomic E-state index is 2.51. The minimum atomic E-state index is 1.16. The summed E-state index contributed by atoms with van der Waals surface area (Å²) in [7, 11) is 0. The fourth-order valence-electron chi connectivity index (χ4n) is 7.51. The van der Waals surface area contributed by atoms with Crippen LogP contribution >= 0.6 is 0 Å². The first-order chi connectivity index (χ1) is 22.3. The Labute approximate surface area is 259 Å². The molecule has 7 aromatic carbocycles. The Morgan fingerprint density at radius 2 is 0.933 bits per heavy atom. The van der Waals surface area contributed by atoms with Gasteiger partial charge in [0.05, 0.1) is 27.6 Å². The molecule has 0 saturated carbocycles. The van der Waals surface area contributed by atoms with Crippen LogP contribution in [-0.4, -0.2) is 13.7 Å². The van der Waals surface area contributed by atoms with Crippen molar-refractivity contribution in [2.45, 2.75) is 0 Å². The first-order valence-corrected chi connectivity index (χ1v) is 15.5. The van der Waals surface area contributed by atoms with Crippen molar-refractivity contribution < 1.29 is 0 Å². The number of aromatic nitrogens is 3. The largest absolute Gasteiger partial charge is 0.316 e. The smallest absolute Gasteiger partial charge is 0.0635 e. The lowest BCUT2D eigenvalue weighted by Gasteiger charge is -2.12. The lowest BCUT2D eigenvalue weighted by atomic mass is 10.1. The summed E-state index contributed by atoms with van der Waals surface area (Å²) in [5.74, 6) is 0. The Morgan fingerprint density at radius 3 is 1.76 bits per heavy atom. The van der Waals surface area contributed by atoms with Crippen molar-refractivity contribution in [1.29, 1.82) is 0 Å². The van der Waals surface area contributed by atoms with E-state index in [0.717, 1.165) is 11.4 Å². The molecule has 3 heterocycles. The Bertz CT molecular complexity index is 2740. The van der Waals surface area contributed by atoms with Crippen molar-refractivity contribution >= 4 is 65.3 Å². The zero-order chi connectivity index (χ0) is 29.5. The number of rotatable bonds is 3. The summed E-state index contributed by atoms with van der Waals surface area (Å²) in [4.78, 5) is 0.